The lowest BCUT2D eigenvalue weighted by molar-refractivity contribution is 0.0209. The maximum atomic E-state index is 12.9. The molecule has 0 bridgehead atoms. The standard InChI is InChI=1S/C12H15BrFNO/c13-12-7-10(14)2-1-9(12)8-16-11-3-5-15-6-4-11/h1-2,7,11,15H,3-6,8H2. The first kappa shape index (κ1) is 12.0. The lowest BCUT2D eigenvalue weighted by Gasteiger charge is -2.23. The van der Waals surface area contributed by atoms with E-state index in [0.29, 0.717) is 12.7 Å². The molecule has 1 fully saturated rings. The predicted octanol–water partition coefficient (Wildman–Crippen LogP) is 2.86. The van der Waals surface area contributed by atoms with Gasteiger partial charge in [0, 0.05) is 4.47 Å². The van der Waals surface area contributed by atoms with Crippen molar-refractivity contribution in [3.05, 3.63) is 34.1 Å². The van der Waals surface area contributed by atoms with Gasteiger partial charge >= 0.3 is 0 Å². The fourth-order valence-corrected chi connectivity index (χ4v) is 2.27. The quantitative estimate of drug-likeness (QED) is 0.923. The van der Waals surface area contributed by atoms with E-state index in [-0.39, 0.29) is 5.82 Å². The molecule has 0 aromatic heterocycles. The Morgan fingerprint density at radius 3 is 2.81 bits per heavy atom. The highest BCUT2D eigenvalue weighted by atomic mass is 79.9. The van der Waals surface area contributed by atoms with Gasteiger partial charge in [-0.25, -0.2) is 4.39 Å². The van der Waals surface area contributed by atoms with Crippen LogP contribution in [0.4, 0.5) is 4.39 Å². The highest BCUT2D eigenvalue weighted by Crippen LogP contribution is 2.20. The number of piperidine rings is 1. The highest BCUT2D eigenvalue weighted by molar-refractivity contribution is 9.10. The van der Waals surface area contributed by atoms with Gasteiger partial charge in [0.2, 0.25) is 0 Å². The third kappa shape index (κ3) is 3.27. The Kier molecular flexibility index (Phi) is 4.32. The topological polar surface area (TPSA) is 21.3 Å². The first-order valence-electron chi connectivity index (χ1n) is 5.52. The van der Waals surface area contributed by atoms with Crippen LogP contribution in [0.5, 0.6) is 0 Å². The number of benzene rings is 1. The molecule has 16 heavy (non-hydrogen) atoms. The van der Waals surface area contributed by atoms with Gasteiger partial charge in [-0.1, -0.05) is 22.0 Å². The van der Waals surface area contributed by atoms with Crippen molar-refractivity contribution in [1.82, 2.24) is 5.32 Å². The zero-order valence-corrected chi connectivity index (χ0v) is 10.6. The molecule has 1 heterocycles. The fraction of sp³-hybridized carbons (Fsp3) is 0.500. The summed E-state index contributed by atoms with van der Waals surface area (Å²) in [6, 6.07) is 4.70. The molecule has 1 N–H and O–H groups in total. The number of nitrogens with one attached hydrogen (secondary N) is 1. The first-order valence-corrected chi connectivity index (χ1v) is 6.31. The van der Waals surface area contributed by atoms with Gasteiger partial charge in [0.05, 0.1) is 12.7 Å². The van der Waals surface area contributed by atoms with Gasteiger partial charge in [0.1, 0.15) is 5.82 Å². The molecule has 2 nitrogen and oxygen atoms in total. The third-order valence-corrected chi connectivity index (χ3v) is 3.51. The number of hydrogen-bond donors (Lipinski definition) is 1. The van der Waals surface area contributed by atoms with E-state index in [0.717, 1.165) is 36.0 Å². The molecule has 0 amide bonds. The molecule has 1 aromatic carbocycles. The molecule has 0 radical (unpaired) electrons. The SMILES string of the molecule is Fc1ccc(COC2CCNCC2)c(Br)c1. The van der Waals surface area contributed by atoms with Crippen LogP contribution in [0.25, 0.3) is 0 Å². The van der Waals surface area contributed by atoms with Gasteiger partial charge in [-0.3, -0.25) is 0 Å². The monoisotopic (exact) mass is 287 g/mol. The summed E-state index contributed by atoms with van der Waals surface area (Å²) in [4.78, 5) is 0. The molecule has 0 spiro atoms. The summed E-state index contributed by atoms with van der Waals surface area (Å²) < 4.78 is 19.4. The summed E-state index contributed by atoms with van der Waals surface area (Å²) in [5.74, 6) is -0.225. The van der Waals surface area contributed by atoms with Crippen LogP contribution in [0.3, 0.4) is 0 Å². The summed E-state index contributed by atoms with van der Waals surface area (Å²) in [7, 11) is 0. The predicted molar refractivity (Wildman–Crippen MR) is 64.8 cm³/mol. The second-order valence-corrected chi connectivity index (χ2v) is 4.85. The second-order valence-electron chi connectivity index (χ2n) is 4.00. The zero-order valence-electron chi connectivity index (χ0n) is 9.01. The molecular formula is C12H15BrFNO. The maximum Gasteiger partial charge on any atom is 0.124 e. The summed E-state index contributed by atoms with van der Waals surface area (Å²) in [6.07, 6.45) is 2.44. The van der Waals surface area contributed by atoms with Crippen molar-refractivity contribution in [3.8, 4) is 0 Å². The van der Waals surface area contributed by atoms with E-state index >= 15 is 0 Å². The molecule has 0 unspecified atom stereocenters. The molecule has 0 saturated carbocycles. The fourth-order valence-electron chi connectivity index (χ4n) is 1.81. The molecule has 2 rings (SSSR count). The minimum Gasteiger partial charge on any atom is -0.373 e. The average molecular weight is 288 g/mol. The summed E-state index contributed by atoms with van der Waals surface area (Å²) in [5.41, 5.74) is 1.000. The highest BCUT2D eigenvalue weighted by Gasteiger charge is 2.13. The van der Waals surface area contributed by atoms with Crippen molar-refractivity contribution in [2.24, 2.45) is 0 Å². The van der Waals surface area contributed by atoms with E-state index in [2.05, 4.69) is 21.2 Å². The van der Waals surface area contributed by atoms with E-state index in [9.17, 15) is 4.39 Å². The lowest BCUT2D eigenvalue weighted by atomic mass is 10.1. The number of ether oxygens (including phenoxy) is 1. The number of halogens is 2. The van der Waals surface area contributed by atoms with Crippen LogP contribution in [0.15, 0.2) is 22.7 Å². The van der Waals surface area contributed by atoms with Crippen molar-refractivity contribution < 1.29 is 9.13 Å². The van der Waals surface area contributed by atoms with Gasteiger partial charge in [0.15, 0.2) is 0 Å². The molecule has 1 aliphatic heterocycles. The van der Waals surface area contributed by atoms with Crippen molar-refractivity contribution in [2.75, 3.05) is 13.1 Å². The molecule has 1 saturated heterocycles. The smallest absolute Gasteiger partial charge is 0.124 e. The van der Waals surface area contributed by atoms with E-state index < -0.39 is 0 Å². The second kappa shape index (κ2) is 5.75. The molecule has 1 aliphatic rings. The minimum atomic E-state index is -0.225. The van der Waals surface area contributed by atoms with Gasteiger partial charge in [-0.05, 0) is 43.6 Å². The number of rotatable bonds is 3. The van der Waals surface area contributed by atoms with Crippen molar-refractivity contribution in [2.45, 2.75) is 25.6 Å². The van der Waals surface area contributed by atoms with Crippen LogP contribution in [0.2, 0.25) is 0 Å². The third-order valence-electron chi connectivity index (χ3n) is 2.78. The van der Waals surface area contributed by atoms with E-state index in [4.69, 9.17) is 4.74 Å². The molecule has 88 valence electrons. The van der Waals surface area contributed by atoms with E-state index in [1.807, 2.05) is 0 Å². The lowest BCUT2D eigenvalue weighted by Crippen LogP contribution is -2.32. The maximum absolute atomic E-state index is 12.9. The van der Waals surface area contributed by atoms with Crippen molar-refractivity contribution in [3.63, 3.8) is 0 Å². The average Bonchev–Trinajstić information content (AvgIpc) is 2.29. The zero-order chi connectivity index (χ0) is 11.4. The minimum absolute atomic E-state index is 0.225. The summed E-state index contributed by atoms with van der Waals surface area (Å²) >= 11 is 3.34. The molecule has 0 aliphatic carbocycles. The van der Waals surface area contributed by atoms with Crippen LogP contribution in [-0.2, 0) is 11.3 Å². The van der Waals surface area contributed by atoms with Gasteiger partial charge in [-0.15, -0.1) is 0 Å². The molecule has 1 aromatic rings. The van der Waals surface area contributed by atoms with E-state index in [1.165, 1.54) is 12.1 Å². The summed E-state index contributed by atoms with van der Waals surface area (Å²) in [6.45, 7) is 2.59. The summed E-state index contributed by atoms with van der Waals surface area (Å²) in [5, 5.41) is 3.29. The molecular weight excluding hydrogens is 273 g/mol. The van der Waals surface area contributed by atoms with Crippen LogP contribution in [0, 0.1) is 5.82 Å². The van der Waals surface area contributed by atoms with Crippen molar-refractivity contribution >= 4 is 15.9 Å². The van der Waals surface area contributed by atoms with Crippen LogP contribution < -0.4 is 5.32 Å². The Hall–Kier alpha value is -0.450. The Morgan fingerprint density at radius 2 is 2.12 bits per heavy atom. The normalized spacial score (nSPS) is 17.6. The van der Waals surface area contributed by atoms with Gasteiger partial charge in [-0.2, -0.15) is 0 Å². The van der Waals surface area contributed by atoms with Crippen LogP contribution in [-0.4, -0.2) is 19.2 Å². The van der Waals surface area contributed by atoms with Gasteiger partial charge in [0.25, 0.3) is 0 Å². The van der Waals surface area contributed by atoms with Gasteiger partial charge < -0.3 is 10.1 Å². The number of hydrogen-bond acceptors (Lipinski definition) is 2. The largest absolute Gasteiger partial charge is 0.373 e. The Morgan fingerprint density at radius 1 is 1.38 bits per heavy atom. The molecule has 0 atom stereocenters. The van der Waals surface area contributed by atoms with Crippen molar-refractivity contribution in [1.29, 1.82) is 0 Å². The Labute approximate surface area is 103 Å². The Bertz CT molecular complexity index is 353. The van der Waals surface area contributed by atoms with E-state index in [1.54, 1.807) is 6.07 Å². The Balaban J connectivity index is 1.88. The van der Waals surface area contributed by atoms with Crippen LogP contribution in [0.1, 0.15) is 18.4 Å². The van der Waals surface area contributed by atoms with Crippen LogP contribution >= 0.6 is 15.9 Å². The molecule has 4 heteroatoms. The first-order chi connectivity index (χ1) is 7.75.